The summed E-state index contributed by atoms with van der Waals surface area (Å²) in [5.74, 6) is 0.909. The lowest BCUT2D eigenvalue weighted by atomic mass is 9.86. The highest BCUT2D eigenvalue weighted by atomic mass is 19.4. The van der Waals surface area contributed by atoms with Crippen molar-refractivity contribution in [2.45, 2.75) is 64.1 Å². The van der Waals surface area contributed by atoms with E-state index in [-0.39, 0.29) is 24.9 Å². The van der Waals surface area contributed by atoms with Crippen molar-refractivity contribution in [1.82, 2.24) is 15.5 Å². The van der Waals surface area contributed by atoms with Crippen LogP contribution in [-0.4, -0.2) is 56.2 Å². The van der Waals surface area contributed by atoms with Gasteiger partial charge >= 0.3 is 6.18 Å². The Kier molecular flexibility index (Phi) is 9.06. The molecule has 0 aromatic carbocycles. The first-order valence-corrected chi connectivity index (χ1v) is 9.01. The smallest absolute Gasteiger partial charge is 0.356 e. The van der Waals surface area contributed by atoms with Crippen molar-refractivity contribution in [3.05, 3.63) is 0 Å². The topological polar surface area (TPSA) is 56.7 Å². The van der Waals surface area contributed by atoms with Crippen molar-refractivity contribution in [3.8, 4) is 0 Å². The first-order valence-electron chi connectivity index (χ1n) is 9.01. The molecule has 0 radical (unpaired) electrons. The van der Waals surface area contributed by atoms with Gasteiger partial charge in [-0.3, -0.25) is 4.79 Å². The molecule has 8 heteroatoms. The van der Waals surface area contributed by atoms with Gasteiger partial charge < -0.3 is 15.5 Å². The van der Waals surface area contributed by atoms with Crippen LogP contribution in [0.4, 0.5) is 13.2 Å². The monoisotopic (exact) mass is 364 g/mol. The standard InChI is InChI=1S/C17H31F3N4O/c1-13-8-4-5-9-14(13)23-16(22-12-15(25)24(2)3)21-11-7-6-10-17(18,19)20/h13-14H,4-12H2,1-3H3,(H2,21,22,23). The number of nitrogens with zero attached hydrogens (tertiary/aromatic N) is 2. The first-order chi connectivity index (χ1) is 11.7. The van der Waals surface area contributed by atoms with Crippen LogP contribution < -0.4 is 10.6 Å². The number of rotatable bonds is 7. The largest absolute Gasteiger partial charge is 0.389 e. The number of unbranched alkanes of at least 4 members (excludes halogenated alkanes) is 1. The van der Waals surface area contributed by atoms with E-state index in [0.29, 0.717) is 24.8 Å². The van der Waals surface area contributed by atoms with E-state index >= 15 is 0 Å². The SMILES string of the molecule is CC1CCCCC1NC(=NCC(=O)N(C)C)NCCCCC(F)(F)F. The van der Waals surface area contributed by atoms with Crippen molar-refractivity contribution in [3.63, 3.8) is 0 Å². The molecular weight excluding hydrogens is 333 g/mol. The van der Waals surface area contributed by atoms with Crippen LogP contribution in [0.3, 0.4) is 0 Å². The molecule has 0 aliphatic heterocycles. The molecule has 0 heterocycles. The van der Waals surface area contributed by atoms with Crippen LogP contribution in [0, 0.1) is 5.92 Å². The first kappa shape index (κ1) is 21.6. The third kappa shape index (κ3) is 9.55. The molecule has 0 aromatic rings. The number of halogens is 3. The van der Waals surface area contributed by atoms with Crippen molar-refractivity contribution in [2.24, 2.45) is 10.9 Å². The molecule has 0 spiro atoms. The Morgan fingerprint density at radius 3 is 2.48 bits per heavy atom. The molecule has 2 unspecified atom stereocenters. The van der Waals surface area contributed by atoms with Gasteiger partial charge in [-0.1, -0.05) is 19.8 Å². The Balaban J connectivity index is 2.52. The number of hydrogen-bond donors (Lipinski definition) is 2. The fraction of sp³-hybridized carbons (Fsp3) is 0.882. The van der Waals surface area contributed by atoms with Gasteiger partial charge in [0, 0.05) is 33.1 Å². The van der Waals surface area contributed by atoms with E-state index in [1.807, 2.05) is 0 Å². The van der Waals surface area contributed by atoms with Crippen molar-refractivity contribution < 1.29 is 18.0 Å². The Bertz CT molecular complexity index is 438. The number of aliphatic imine (C=N–C) groups is 1. The Hall–Kier alpha value is -1.47. The molecule has 1 amide bonds. The fourth-order valence-corrected chi connectivity index (χ4v) is 2.80. The Labute approximate surface area is 148 Å². The lowest BCUT2D eigenvalue weighted by Crippen LogP contribution is -2.47. The van der Waals surface area contributed by atoms with Gasteiger partial charge in [0.05, 0.1) is 0 Å². The van der Waals surface area contributed by atoms with Crippen molar-refractivity contribution in [2.75, 3.05) is 27.2 Å². The Morgan fingerprint density at radius 2 is 1.88 bits per heavy atom. The van der Waals surface area contributed by atoms with E-state index in [4.69, 9.17) is 0 Å². The van der Waals surface area contributed by atoms with Crippen LogP contribution in [0.1, 0.15) is 51.9 Å². The number of likely N-dealkylation sites (N-methyl/N-ethyl adjacent to an activating group) is 1. The zero-order chi connectivity index (χ0) is 18.9. The van der Waals surface area contributed by atoms with Crippen molar-refractivity contribution >= 4 is 11.9 Å². The predicted octanol–water partition coefficient (Wildman–Crippen LogP) is 2.92. The minimum absolute atomic E-state index is 0.0198. The Morgan fingerprint density at radius 1 is 1.20 bits per heavy atom. The number of hydrogen-bond acceptors (Lipinski definition) is 2. The van der Waals surface area contributed by atoms with Crippen LogP contribution in [0.2, 0.25) is 0 Å². The number of alkyl halides is 3. The minimum Gasteiger partial charge on any atom is -0.356 e. The summed E-state index contributed by atoms with van der Waals surface area (Å²) < 4.78 is 36.5. The summed E-state index contributed by atoms with van der Waals surface area (Å²) in [6.07, 6.45) is 0.165. The zero-order valence-electron chi connectivity index (χ0n) is 15.5. The van der Waals surface area contributed by atoms with E-state index in [1.54, 1.807) is 14.1 Å². The summed E-state index contributed by atoms with van der Waals surface area (Å²) >= 11 is 0. The van der Waals surface area contributed by atoms with E-state index in [9.17, 15) is 18.0 Å². The zero-order valence-corrected chi connectivity index (χ0v) is 15.5. The molecule has 1 saturated carbocycles. The van der Waals surface area contributed by atoms with Crippen molar-refractivity contribution in [1.29, 1.82) is 0 Å². The molecule has 2 N–H and O–H groups in total. The van der Waals surface area contributed by atoms with Gasteiger partial charge in [0.25, 0.3) is 0 Å². The summed E-state index contributed by atoms with van der Waals surface area (Å²) in [7, 11) is 3.33. The molecule has 1 fully saturated rings. The molecule has 1 rings (SSSR count). The summed E-state index contributed by atoms with van der Waals surface area (Å²) in [5, 5.41) is 6.42. The van der Waals surface area contributed by atoms with Gasteiger partial charge in [-0.25, -0.2) is 4.99 Å². The molecule has 146 valence electrons. The number of guanidine groups is 1. The van der Waals surface area contributed by atoms with Gasteiger partial charge in [-0.05, 0) is 31.6 Å². The maximum Gasteiger partial charge on any atom is 0.389 e. The fourth-order valence-electron chi connectivity index (χ4n) is 2.80. The van der Waals surface area contributed by atoms with Gasteiger partial charge in [0.1, 0.15) is 6.54 Å². The number of carbonyl (C=O) groups is 1. The molecule has 5 nitrogen and oxygen atoms in total. The van der Waals surface area contributed by atoms with Crippen LogP contribution in [0.5, 0.6) is 0 Å². The highest BCUT2D eigenvalue weighted by molar-refractivity contribution is 5.84. The summed E-state index contributed by atoms with van der Waals surface area (Å²) in [5.41, 5.74) is 0. The lowest BCUT2D eigenvalue weighted by molar-refractivity contribution is -0.135. The highest BCUT2D eigenvalue weighted by Crippen LogP contribution is 2.24. The molecule has 1 aliphatic carbocycles. The van der Waals surface area contributed by atoms with E-state index in [2.05, 4.69) is 22.5 Å². The van der Waals surface area contributed by atoms with Gasteiger partial charge in [0.15, 0.2) is 5.96 Å². The lowest BCUT2D eigenvalue weighted by Gasteiger charge is -2.31. The third-order valence-corrected chi connectivity index (χ3v) is 4.48. The van der Waals surface area contributed by atoms with Crippen LogP contribution >= 0.6 is 0 Å². The predicted molar refractivity (Wildman–Crippen MR) is 93.5 cm³/mol. The quantitative estimate of drug-likeness (QED) is 0.415. The number of carbonyl (C=O) groups excluding carboxylic acids is 1. The molecule has 25 heavy (non-hydrogen) atoms. The van der Waals surface area contributed by atoms with Crippen LogP contribution in [0.25, 0.3) is 0 Å². The molecule has 0 bridgehead atoms. The molecular formula is C17H31F3N4O. The minimum atomic E-state index is -4.11. The summed E-state index contributed by atoms with van der Waals surface area (Å²) in [4.78, 5) is 17.5. The van der Waals surface area contributed by atoms with Gasteiger partial charge in [-0.2, -0.15) is 13.2 Å². The summed E-state index contributed by atoms with van der Waals surface area (Å²) in [6.45, 7) is 2.61. The average molecular weight is 364 g/mol. The second-order valence-electron chi connectivity index (χ2n) is 6.96. The maximum absolute atomic E-state index is 12.2. The second-order valence-corrected chi connectivity index (χ2v) is 6.96. The number of amides is 1. The second kappa shape index (κ2) is 10.5. The van der Waals surface area contributed by atoms with Gasteiger partial charge in [0.2, 0.25) is 5.91 Å². The molecule has 1 aliphatic rings. The van der Waals surface area contributed by atoms with Gasteiger partial charge in [-0.15, -0.1) is 0 Å². The van der Waals surface area contributed by atoms with E-state index in [0.717, 1.165) is 19.3 Å². The highest BCUT2D eigenvalue weighted by Gasteiger charge is 2.26. The molecule has 0 saturated heterocycles. The van der Waals surface area contributed by atoms with E-state index < -0.39 is 12.6 Å². The van der Waals surface area contributed by atoms with E-state index in [1.165, 1.54) is 11.3 Å². The maximum atomic E-state index is 12.2. The molecule has 0 aromatic heterocycles. The third-order valence-electron chi connectivity index (χ3n) is 4.48. The number of nitrogens with one attached hydrogen (secondary N) is 2. The average Bonchev–Trinajstić information content (AvgIpc) is 2.52. The summed E-state index contributed by atoms with van der Waals surface area (Å²) in [6, 6.07) is 0.282. The normalized spacial score (nSPS) is 21.8. The van der Waals surface area contributed by atoms with Crippen LogP contribution in [0.15, 0.2) is 4.99 Å². The molecule has 2 atom stereocenters. The van der Waals surface area contributed by atoms with Crippen LogP contribution in [-0.2, 0) is 4.79 Å².